The van der Waals surface area contributed by atoms with E-state index in [-0.39, 0.29) is 17.3 Å². The minimum absolute atomic E-state index is 0.0780. The van der Waals surface area contributed by atoms with E-state index >= 15 is 0 Å². The van der Waals surface area contributed by atoms with Gasteiger partial charge in [-0.2, -0.15) is 0 Å². The number of anilines is 2. The molecule has 0 fully saturated rings. The summed E-state index contributed by atoms with van der Waals surface area (Å²) in [5.41, 5.74) is 0.663. The summed E-state index contributed by atoms with van der Waals surface area (Å²) in [4.78, 5) is 20.2. The van der Waals surface area contributed by atoms with Gasteiger partial charge in [0.15, 0.2) is 0 Å². The third-order valence-corrected chi connectivity index (χ3v) is 3.96. The highest BCUT2D eigenvalue weighted by Gasteiger charge is 2.13. The second kappa shape index (κ2) is 8.90. The number of benzene rings is 2. The Morgan fingerprint density at radius 1 is 1.07 bits per heavy atom. The van der Waals surface area contributed by atoms with E-state index in [4.69, 9.17) is 4.74 Å². The summed E-state index contributed by atoms with van der Waals surface area (Å²) in [6.45, 7) is 0.369. The zero-order chi connectivity index (χ0) is 19.9. The van der Waals surface area contributed by atoms with E-state index < -0.39 is 17.5 Å². The number of para-hydroxylation sites is 2. The van der Waals surface area contributed by atoms with Crippen molar-refractivity contribution in [3.8, 4) is 5.75 Å². The molecule has 8 heteroatoms. The second-order valence-corrected chi connectivity index (χ2v) is 5.80. The molecule has 28 heavy (non-hydrogen) atoms. The Hall–Kier alpha value is -3.55. The quantitative estimate of drug-likeness (QED) is 0.652. The lowest BCUT2D eigenvalue weighted by molar-refractivity contribution is 0.0949. The lowest BCUT2D eigenvalue weighted by Crippen LogP contribution is -2.27. The number of ether oxygens (including phenoxy) is 1. The van der Waals surface area contributed by atoms with Crippen molar-refractivity contribution >= 4 is 17.5 Å². The van der Waals surface area contributed by atoms with Crippen molar-refractivity contribution in [2.45, 2.75) is 6.42 Å². The summed E-state index contributed by atoms with van der Waals surface area (Å²) in [5, 5.41) is 5.22. The first-order valence-electron chi connectivity index (χ1n) is 8.52. The minimum atomic E-state index is -0.782. The average Bonchev–Trinajstić information content (AvgIpc) is 2.71. The van der Waals surface area contributed by atoms with Crippen LogP contribution < -0.4 is 15.4 Å². The third-order valence-electron chi connectivity index (χ3n) is 3.96. The van der Waals surface area contributed by atoms with Gasteiger partial charge in [0, 0.05) is 12.7 Å². The predicted octanol–water partition coefficient (Wildman–Crippen LogP) is 3.48. The van der Waals surface area contributed by atoms with Crippen LogP contribution in [0.15, 0.2) is 54.7 Å². The maximum Gasteiger partial charge on any atom is 0.270 e. The van der Waals surface area contributed by atoms with Gasteiger partial charge in [0.25, 0.3) is 5.91 Å². The van der Waals surface area contributed by atoms with Crippen molar-refractivity contribution in [2.75, 3.05) is 19.0 Å². The molecule has 144 valence electrons. The molecule has 0 spiro atoms. The average molecular weight is 384 g/mol. The highest BCUT2D eigenvalue weighted by molar-refractivity contribution is 5.92. The fourth-order valence-electron chi connectivity index (χ4n) is 2.59. The van der Waals surface area contributed by atoms with E-state index in [2.05, 4.69) is 20.6 Å². The van der Waals surface area contributed by atoms with Gasteiger partial charge in [0.2, 0.25) is 5.95 Å². The largest absolute Gasteiger partial charge is 0.496 e. The minimum Gasteiger partial charge on any atom is -0.496 e. The summed E-state index contributed by atoms with van der Waals surface area (Å²) in [5.74, 6) is -1.32. The molecule has 0 aliphatic carbocycles. The lowest BCUT2D eigenvalue weighted by Gasteiger charge is -2.10. The van der Waals surface area contributed by atoms with Gasteiger partial charge in [0.05, 0.1) is 7.11 Å². The fraction of sp³-hybridized carbons (Fsp3) is 0.150. The summed E-state index contributed by atoms with van der Waals surface area (Å²) < 4.78 is 32.8. The lowest BCUT2D eigenvalue weighted by atomic mass is 10.1. The molecule has 0 unspecified atom stereocenters. The number of nitrogens with zero attached hydrogens (tertiary/aromatic N) is 2. The Balaban J connectivity index is 1.64. The Morgan fingerprint density at radius 3 is 2.57 bits per heavy atom. The van der Waals surface area contributed by atoms with Gasteiger partial charge in [-0.05, 0) is 36.2 Å². The number of aromatic nitrogens is 2. The molecule has 1 heterocycles. The van der Waals surface area contributed by atoms with E-state index in [1.807, 2.05) is 24.3 Å². The summed E-state index contributed by atoms with van der Waals surface area (Å²) in [6.07, 6.45) is 1.91. The van der Waals surface area contributed by atoms with Gasteiger partial charge in [0.1, 0.15) is 28.8 Å². The molecule has 0 atom stereocenters. The highest BCUT2D eigenvalue weighted by Crippen LogP contribution is 2.21. The first kappa shape index (κ1) is 19.2. The smallest absolute Gasteiger partial charge is 0.270 e. The van der Waals surface area contributed by atoms with Crippen molar-refractivity contribution in [1.29, 1.82) is 0 Å². The number of methoxy groups -OCH3 is 1. The Labute approximate surface area is 160 Å². The molecule has 0 aliphatic heterocycles. The van der Waals surface area contributed by atoms with E-state index in [9.17, 15) is 13.6 Å². The Bertz CT molecular complexity index is 962. The van der Waals surface area contributed by atoms with Crippen LogP contribution >= 0.6 is 0 Å². The highest BCUT2D eigenvalue weighted by atomic mass is 19.1. The summed E-state index contributed by atoms with van der Waals surface area (Å²) in [6, 6.07) is 12.4. The van der Waals surface area contributed by atoms with Crippen LogP contribution in [0.3, 0.4) is 0 Å². The van der Waals surface area contributed by atoms with Crippen LogP contribution in [0.5, 0.6) is 5.75 Å². The second-order valence-electron chi connectivity index (χ2n) is 5.80. The van der Waals surface area contributed by atoms with Crippen LogP contribution in [-0.2, 0) is 6.42 Å². The molecule has 0 saturated heterocycles. The number of nitrogens with one attached hydrogen (secondary N) is 2. The van der Waals surface area contributed by atoms with Gasteiger partial charge < -0.3 is 15.4 Å². The maximum absolute atomic E-state index is 13.7. The predicted molar refractivity (Wildman–Crippen MR) is 101 cm³/mol. The molecule has 0 bridgehead atoms. The molecule has 0 saturated carbocycles. The molecule has 2 N–H and O–H groups in total. The number of carbonyl (C=O) groups excluding carboxylic acids is 1. The molecule has 6 nitrogen and oxygen atoms in total. The van der Waals surface area contributed by atoms with Crippen molar-refractivity contribution in [2.24, 2.45) is 0 Å². The van der Waals surface area contributed by atoms with Gasteiger partial charge in [-0.3, -0.25) is 4.79 Å². The van der Waals surface area contributed by atoms with Crippen molar-refractivity contribution < 1.29 is 18.3 Å². The van der Waals surface area contributed by atoms with Crippen molar-refractivity contribution in [3.63, 3.8) is 0 Å². The monoisotopic (exact) mass is 384 g/mol. The third kappa shape index (κ3) is 4.59. The van der Waals surface area contributed by atoms with E-state index in [1.54, 1.807) is 7.11 Å². The van der Waals surface area contributed by atoms with Crippen LogP contribution in [0.1, 0.15) is 16.1 Å². The Morgan fingerprint density at radius 2 is 1.82 bits per heavy atom. The number of hydrogen-bond donors (Lipinski definition) is 2. The molecule has 2 aromatic carbocycles. The van der Waals surface area contributed by atoms with E-state index in [0.717, 1.165) is 23.4 Å². The molecule has 1 aromatic heterocycles. The maximum atomic E-state index is 13.7. The number of amides is 1. The molecular weight excluding hydrogens is 366 g/mol. The summed E-state index contributed by atoms with van der Waals surface area (Å²) >= 11 is 0. The van der Waals surface area contributed by atoms with Crippen LogP contribution in [0.4, 0.5) is 20.4 Å². The van der Waals surface area contributed by atoms with Crippen molar-refractivity contribution in [1.82, 2.24) is 15.3 Å². The van der Waals surface area contributed by atoms with Crippen LogP contribution in [-0.4, -0.2) is 29.5 Å². The van der Waals surface area contributed by atoms with Gasteiger partial charge in [-0.15, -0.1) is 0 Å². The standard InChI is InChI=1S/C20H18F2N4O2/c1-28-17-8-3-2-5-13(17)9-11-23-19(27)16-10-12-24-20(25-16)26-18-14(21)6-4-7-15(18)22/h2-8,10,12H,9,11H2,1H3,(H,23,27)(H,24,25,26). The fourth-order valence-corrected chi connectivity index (χ4v) is 2.59. The molecule has 1 amide bonds. The van der Waals surface area contributed by atoms with Crippen molar-refractivity contribution in [3.05, 3.63) is 77.6 Å². The van der Waals surface area contributed by atoms with Crippen LogP contribution in [0.2, 0.25) is 0 Å². The summed E-state index contributed by atoms with van der Waals surface area (Å²) in [7, 11) is 1.59. The number of halogens is 2. The first-order chi connectivity index (χ1) is 13.6. The first-order valence-corrected chi connectivity index (χ1v) is 8.52. The number of hydrogen-bond acceptors (Lipinski definition) is 5. The molecular formula is C20H18F2N4O2. The topological polar surface area (TPSA) is 76.1 Å². The Kier molecular flexibility index (Phi) is 6.11. The zero-order valence-electron chi connectivity index (χ0n) is 15.1. The van der Waals surface area contributed by atoms with E-state index in [0.29, 0.717) is 13.0 Å². The molecule has 3 aromatic rings. The van der Waals surface area contributed by atoms with Gasteiger partial charge in [-0.25, -0.2) is 18.7 Å². The molecule has 0 radical (unpaired) electrons. The van der Waals surface area contributed by atoms with E-state index in [1.165, 1.54) is 18.3 Å². The van der Waals surface area contributed by atoms with Gasteiger partial charge in [-0.1, -0.05) is 24.3 Å². The zero-order valence-corrected chi connectivity index (χ0v) is 15.1. The number of carbonyl (C=O) groups is 1. The normalized spacial score (nSPS) is 10.4. The van der Waals surface area contributed by atoms with Gasteiger partial charge >= 0.3 is 0 Å². The number of rotatable bonds is 7. The molecule has 0 aliphatic rings. The van der Waals surface area contributed by atoms with Crippen LogP contribution in [0, 0.1) is 11.6 Å². The SMILES string of the molecule is COc1ccccc1CCNC(=O)c1ccnc(Nc2c(F)cccc2F)n1. The molecule has 3 rings (SSSR count). The van der Waals surface area contributed by atoms with Crippen LogP contribution in [0.25, 0.3) is 0 Å².